The second-order valence-electron chi connectivity index (χ2n) is 7.73. The number of imidazole rings is 1. The minimum absolute atomic E-state index is 0.0604. The van der Waals surface area contributed by atoms with Gasteiger partial charge in [0.05, 0.1) is 0 Å². The summed E-state index contributed by atoms with van der Waals surface area (Å²) in [4.78, 5) is 12.0. The van der Waals surface area contributed by atoms with Crippen molar-refractivity contribution >= 4 is 0 Å². The number of hydrogen-bond donors (Lipinski definition) is 1. The molecular formula is C16H25N3O. The van der Waals surface area contributed by atoms with Gasteiger partial charge in [0.15, 0.2) is 0 Å². The van der Waals surface area contributed by atoms with Crippen molar-refractivity contribution in [2.45, 2.75) is 51.1 Å². The molecule has 110 valence electrons. The van der Waals surface area contributed by atoms with E-state index >= 15 is 0 Å². The van der Waals surface area contributed by atoms with Crippen molar-refractivity contribution in [1.82, 2.24) is 9.13 Å². The van der Waals surface area contributed by atoms with Crippen LogP contribution >= 0.6 is 0 Å². The predicted octanol–water partition coefficient (Wildman–Crippen LogP) is 1.73. The molecule has 0 aliphatic heterocycles. The molecular weight excluding hydrogens is 250 g/mol. The third-order valence-corrected chi connectivity index (χ3v) is 6.28. The molecule has 0 spiro atoms. The van der Waals surface area contributed by atoms with Crippen LogP contribution in [-0.2, 0) is 13.6 Å². The highest BCUT2D eigenvalue weighted by Crippen LogP contribution is 2.61. The molecule has 1 heterocycles. The Balaban J connectivity index is 1.57. The average molecular weight is 275 g/mol. The molecule has 5 rings (SSSR count). The summed E-state index contributed by atoms with van der Waals surface area (Å²) < 4.78 is 3.43. The molecule has 4 fully saturated rings. The first-order valence-electron chi connectivity index (χ1n) is 8.03. The largest absolute Gasteiger partial charge is 0.327 e. The van der Waals surface area contributed by atoms with E-state index in [0.29, 0.717) is 12.0 Å². The Hall–Kier alpha value is -1.03. The predicted molar refractivity (Wildman–Crippen MR) is 78.3 cm³/mol. The summed E-state index contributed by atoms with van der Waals surface area (Å²) in [5.74, 6) is 2.75. The highest BCUT2D eigenvalue weighted by atomic mass is 16.1. The van der Waals surface area contributed by atoms with Gasteiger partial charge in [0.25, 0.3) is 0 Å². The van der Waals surface area contributed by atoms with E-state index in [1.54, 1.807) is 16.2 Å². The number of nitrogens with two attached hydrogens (primary N) is 1. The highest BCUT2D eigenvalue weighted by molar-refractivity contribution is 5.05. The van der Waals surface area contributed by atoms with Gasteiger partial charge < -0.3 is 10.3 Å². The lowest BCUT2D eigenvalue weighted by Crippen LogP contribution is -2.56. The third-order valence-electron chi connectivity index (χ3n) is 6.28. The van der Waals surface area contributed by atoms with Crippen molar-refractivity contribution in [3.8, 4) is 0 Å². The maximum Gasteiger partial charge on any atom is 0.327 e. The van der Waals surface area contributed by atoms with Gasteiger partial charge in [-0.1, -0.05) is 0 Å². The summed E-state index contributed by atoms with van der Waals surface area (Å²) in [6.07, 6.45) is 12.0. The van der Waals surface area contributed by atoms with Crippen LogP contribution in [0.5, 0.6) is 0 Å². The second-order valence-corrected chi connectivity index (χ2v) is 7.73. The number of hydrogen-bond acceptors (Lipinski definition) is 2. The summed E-state index contributed by atoms with van der Waals surface area (Å²) in [5, 5.41) is 0. The quantitative estimate of drug-likeness (QED) is 0.913. The van der Waals surface area contributed by atoms with E-state index in [2.05, 4.69) is 0 Å². The minimum atomic E-state index is 0.0604. The molecule has 4 aliphatic carbocycles. The summed E-state index contributed by atoms with van der Waals surface area (Å²) in [6, 6.07) is 0.135. The lowest BCUT2D eigenvalue weighted by molar-refractivity contribution is -0.0695. The standard InChI is InChI=1S/C16H25N3O/c1-18-2-3-19(15(18)20)10-14(17)16-7-11-4-12(8-16)6-13(5-11)9-16/h2-3,11-14H,4-10,17H2,1H3. The van der Waals surface area contributed by atoms with E-state index in [1.165, 1.54) is 38.5 Å². The average Bonchev–Trinajstić information content (AvgIpc) is 2.69. The number of aryl methyl sites for hydroxylation is 1. The Labute approximate surface area is 120 Å². The second kappa shape index (κ2) is 4.23. The van der Waals surface area contributed by atoms with Crippen molar-refractivity contribution in [2.24, 2.45) is 36.0 Å². The molecule has 4 aliphatic rings. The van der Waals surface area contributed by atoms with Crippen LogP contribution in [0.2, 0.25) is 0 Å². The molecule has 1 unspecified atom stereocenters. The van der Waals surface area contributed by atoms with E-state index in [1.807, 2.05) is 12.4 Å². The summed E-state index contributed by atoms with van der Waals surface area (Å²) in [7, 11) is 1.80. The Morgan fingerprint density at radius 1 is 1.20 bits per heavy atom. The maximum absolute atomic E-state index is 12.0. The van der Waals surface area contributed by atoms with E-state index in [4.69, 9.17) is 5.73 Å². The molecule has 0 amide bonds. The van der Waals surface area contributed by atoms with Crippen molar-refractivity contribution in [3.05, 3.63) is 22.9 Å². The van der Waals surface area contributed by atoms with Crippen molar-refractivity contribution in [1.29, 1.82) is 0 Å². The van der Waals surface area contributed by atoms with Gasteiger partial charge in [-0.15, -0.1) is 0 Å². The van der Waals surface area contributed by atoms with Crippen molar-refractivity contribution in [2.75, 3.05) is 0 Å². The zero-order chi connectivity index (χ0) is 13.9. The highest BCUT2D eigenvalue weighted by Gasteiger charge is 2.53. The van der Waals surface area contributed by atoms with Gasteiger partial charge in [-0.05, 0) is 61.7 Å². The number of nitrogens with zero attached hydrogens (tertiary/aromatic N) is 2. The van der Waals surface area contributed by atoms with Gasteiger partial charge in [-0.3, -0.25) is 4.57 Å². The Morgan fingerprint density at radius 3 is 2.20 bits per heavy atom. The Morgan fingerprint density at radius 2 is 1.75 bits per heavy atom. The zero-order valence-electron chi connectivity index (χ0n) is 12.3. The normalized spacial score (nSPS) is 40.2. The number of rotatable bonds is 3. The zero-order valence-corrected chi connectivity index (χ0v) is 12.3. The van der Waals surface area contributed by atoms with Crippen LogP contribution in [0.3, 0.4) is 0 Å². The molecule has 1 aromatic heterocycles. The molecule has 2 N–H and O–H groups in total. The van der Waals surface area contributed by atoms with Crippen LogP contribution in [0.15, 0.2) is 17.2 Å². The molecule has 4 saturated carbocycles. The van der Waals surface area contributed by atoms with Crippen LogP contribution in [0.1, 0.15) is 38.5 Å². The van der Waals surface area contributed by atoms with E-state index in [9.17, 15) is 4.79 Å². The monoisotopic (exact) mass is 275 g/mol. The first-order chi connectivity index (χ1) is 9.56. The van der Waals surface area contributed by atoms with E-state index < -0.39 is 0 Å². The summed E-state index contributed by atoms with van der Waals surface area (Å²) >= 11 is 0. The fourth-order valence-electron chi connectivity index (χ4n) is 5.69. The minimum Gasteiger partial charge on any atom is -0.326 e. The molecule has 20 heavy (non-hydrogen) atoms. The van der Waals surface area contributed by atoms with Crippen LogP contribution in [0, 0.1) is 23.2 Å². The molecule has 4 bridgehead atoms. The van der Waals surface area contributed by atoms with Gasteiger partial charge in [0.2, 0.25) is 0 Å². The summed E-state index contributed by atoms with van der Waals surface area (Å²) in [5.41, 5.74) is 7.00. The van der Waals surface area contributed by atoms with Crippen LogP contribution in [-0.4, -0.2) is 15.2 Å². The first-order valence-corrected chi connectivity index (χ1v) is 8.03. The molecule has 4 heteroatoms. The van der Waals surface area contributed by atoms with Crippen molar-refractivity contribution < 1.29 is 0 Å². The van der Waals surface area contributed by atoms with Crippen LogP contribution < -0.4 is 11.4 Å². The first kappa shape index (κ1) is 12.7. The van der Waals surface area contributed by atoms with Gasteiger partial charge >= 0.3 is 5.69 Å². The molecule has 4 nitrogen and oxygen atoms in total. The maximum atomic E-state index is 12.0. The van der Waals surface area contributed by atoms with Gasteiger partial charge in [-0.25, -0.2) is 4.79 Å². The molecule has 1 atom stereocenters. The van der Waals surface area contributed by atoms with Gasteiger partial charge in [-0.2, -0.15) is 0 Å². The fraction of sp³-hybridized carbons (Fsp3) is 0.812. The van der Waals surface area contributed by atoms with E-state index in [-0.39, 0.29) is 11.7 Å². The SMILES string of the molecule is Cn1ccn(CC(N)C23CC4CC(CC(C4)C2)C3)c1=O. The lowest BCUT2D eigenvalue weighted by Gasteiger charge is -2.59. The van der Waals surface area contributed by atoms with Gasteiger partial charge in [0, 0.05) is 32.0 Å². The van der Waals surface area contributed by atoms with Crippen LogP contribution in [0.4, 0.5) is 0 Å². The smallest absolute Gasteiger partial charge is 0.326 e. The fourth-order valence-corrected chi connectivity index (χ4v) is 5.69. The molecule has 0 aromatic carbocycles. The summed E-state index contributed by atoms with van der Waals surface area (Å²) in [6.45, 7) is 0.686. The lowest BCUT2D eigenvalue weighted by atomic mass is 9.48. The molecule has 1 aromatic rings. The third kappa shape index (κ3) is 1.80. The van der Waals surface area contributed by atoms with Crippen LogP contribution in [0.25, 0.3) is 0 Å². The molecule has 0 saturated heterocycles. The number of aromatic nitrogens is 2. The van der Waals surface area contributed by atoms with Crippen molar-refractivity contribution in [3.63, 3.8) is 0 Å². The Bertz CT molecular complexity index is 535. The topological polar surface area (TPSA) is 52.9 Å². The van der Waals surface area contributed by atoms with E-state index in [0.717, 1.165) is 17.8 Å². The van der Waals surface area contributed by atoms with Gasteiger partial charge in [0.1, 0.15) is 0 Å². The molecule has 0 radical (unpaired) electrons. The Kier molecular flexibility index (Phi) is 2.69.